The Morgan fingerprint density at radius 1 is 1.32 bits per heavy atom. The molecule has 0 atom stereocenters. The predicted molar refractivity (Wildman–Crippen MR) is 78.3 cm³/mol. The molecular weight excluding hydrogens is 309 g/mol. The fourth-order valence-electron chi connectivity index (χ4n) is 1.65. The van der Waals surface area contributed by atoms with Crippen molar-refractivity contribution < 1.29 is 4.39 Å². The summed E-state index contributed by atoms with van der Waals surface area (Å²) in [4.78, 5) is 0. The summed E-state index contributed by atoms with van der Waals surface area (Å²) in [6, 6.07) is 6.83. The van der Waals surface area contributed by atoms with E-state index in [9.17, 15) is 4.39 Å². The van der Waals surface area contributed by atoms with Crippen LogP contribution < -0.4 is 5.32 Å². The highest BCUT2D eigenvalue weighted by Crippen LogP contribution is 2.24. The fourth-order valence-corrected chi connectivity index (χ4v) is 1.98. The maximum atomic E-state index is 13.8. The third-order valence-electron chi connectivity index (χ3n) is 2.65. The number of rotatable bonds is 3. The second kappa shape index (κ2) is 5.43. The van der Waals surface area contributed by atoms with Crippen LogP contribution in [-0.4, -0.2) is 15.7 Å². The van der Waals surface area contributed by atoms with Gasteiger partial charge in [0.2, 0.25) is 0 Å². The van der Waals surface area contributed by atoms with E-state index in [1.54, 1.807) is 12.1 Å². The van der Waals surface area contributed by atoms with Crippen LogP contribution in [0.25, 0.3) is 11.3 Å². The Balaban J connectivity index is 2.16. The number of hydrogen-bond donors (Lipinski definition) is 2. The molecule has 2 rings (SSSR count). The van der Waals surface area contributed by atoms with E-state index in [-0.39, 0.29) is 11.4 Å². The van der Waals surface area contributed by atoms with E-state index in [2.05, 4.69) is 52.2 Å². The molecule has 3 nitrogen and oxygen atoms in total. The average molecular weight is 326 g/mol. The molecule has 0 saturated heterocycles. The van der Waals surface area contributed by atoms with Gasteiger partial charge in [0.15, 0.2) is 0 Å². The monoisotopic (exact) mass is 325 g/mol. The summed E-state index contributed by atoms with van der Waals surface area (Å²) in [6.45, 7) is 6.96. The minimum Gasteiger partial charge on any atom is -0.306 e. The van der Waals surface area contributed by atoms with Crippen molar-refractivity contribution in [1.29, 1.82) is 0 Å². The zero-order chi connectivity index (χ0) is 14.0. The molecule has 0 amide bonds. The van der Waals surface area contributed by atoms with Gasteiger partial charge in [-0.1, -0.05) is 15.9 Å². The largest absolute Gasteiger partial charge is 0.306 e. The minimum absolute atomic E-state index is 0.0358. The molecule has 5 heteroatoms. The van der Waals surface area contributed by atoms with Crippen LogP contribution in [0.3, 0.4) is 0 Å². The second-order valence-corrected chi connectivity index (χ2v) is 6.42. The van der Waals surface area contributed by atoms with E-state index < -0.39 is 0 Å². The first-order chi connectivity index (χ1) is 8.85. The lowest BCUT2D eigenvalue weighted by Crippen LogP contribution is -2.35. The van der Waals surface area contributed by atoms with Gasteiger partial charge < -0.3 is 5.32 Å². The number of H-pyrrole nitrogens is 1. The van der Waals surface area contributed by atoms with Gasteiger partial charge in [0.1, 0.15) is 5.82 Å². The standard InChI is InChI=1S/C14H17BrFN3/c1-14(2,3)17-8-10-7-13(19-18-10)11-5-4-9(15)6-12(11)16/h4-7,17H,8H2,1-3H3,(H,18,19). The zero-order valence-electron chi connectivity index (χ0n) is 11.2. The Labute approximate surface area is 120 Å². The normalized spacial score (nSPS) is 11.8. The number of benzene rings is 1. The van der Waals surface area contributed by atoms with Crippen LogP contribution in [0.1, 0.15) is 26.5 Å². The van der Waals surface area contributed by atoms with Gasteiger partial charge in [0.25, 0.3) is 0 Å². The van der Waals surface area contributed by atoms with Crippen molar-refractivity contribution in [3.05, 3.63) is 40.2 Å². The summed E-state index contributed by atoms with van der Waals surface area (Å²) in [5.41, 5.74) is 2.10. The number of nitrogens with one attached hydrogen (secondary N) is 2. The molecule has 2 aromatic rings. The lowest BCUT2D eigenvalue weighted by atomic mass is 10.1. The highest BCUT2D eigenvalue weighted by Gasteiger charge is 2.12. The first-order valence-electron chi connectivity index (χ1n) is 6.10. The van der Waals surface area contributed by atoms with Crippen LogP contribution in [0.4, 0.5) is 4.39 Å². The average Bonchev–Trinajstić information content (AvgIpc) is 2.74. The summed E-state index contributed by atoms with van der Waals surface area (Å²) in [5.74, 6) is -0.281. The molecule has 0 aliphatic rings. The van der Waals surface area contributed by atoms with Crippen molar-refractivity contribution in [2.45, 2.75) is 32.9 Å². The van der Waals surface area contributed by atoms with Gasteiger partial charge in [-0.2, -0.15) is 5.10 Å². The second-order valence-electron chi connectivity index (χ2n) is 5.51. The molecule has 0 saturated carbocycles. The van der Waals surface area contributed by atoms with E-state index in [0.717, 1.165) is 10.2 Å². The van der Waals surface area contributed by atoms with Crippen LogP contribution in [0.2, 0.25) is 0 Å². The lowest BCUT2D eigenvalue weighted by molar-refractivity contribution is 0.421. The molecular formula is C14H17BrFN3. The summed E-state index contributed by atoms with van der Waals surface area (Å²) < 4.78 is 14.5. The van der Waals surface area contributed by atoms with Crippen molar-refractivity contribution in [3.8, 4) is 11.3 Å². The first kappa shape index (κ1) is 14.2. The van der Waals surface area contributed by atoms with Crippen molar-refractivity contribution in [2.75, 3.05) is 0 Å². The highest BCUT2D eigenvalue weighted by molar-refractivity contribution is 9.10. The van der Waals surface area contributed by atoms with E-state index in [1.807, 2.05) is 6.07 Å². The van der Waals surface area contributed by atoms with Crippen LogP contribution in [0, 0.1) is 5.82 Å². The lowest BCUT2D eigenvalue weighted by Gasteiger charge is -2.19. The molecule has 2 N–H and O–H groups in total. The van der Waals surface area contributed by atoms with Gasteiger partial charge >= 0.3 is 0 Å². The van der Waals surface area contributed by atoms with Crippen molar-refractivity contribution in [3.63, 3.8) is 0 Å². The molecule has 0 spiro atoms. The Bertz CT molecular complexity index is 572. The van der Waals surface area contributed by atoms with Crippen LogP contribution in [-0.2, 0) is 6.54 Å². The van der Waals surface area contributed by atoms with E-state index in [4.69, 9.17) is 0 Å². The Morgan fingerprint density at radius 3 is 2.68 bits per heavy atom. The highest BCUT2D eigenvalue weighted by atomic mass is 79.9. The molecule has 1 aromatic carbocycles. The molecule has 0 radical (unpaired) electrons. The van der Waals surface area contributed by atoms with E-state index in [0.29, 0.717) is 17.8 Å². The van der Waals surface area contributed by atoms with Crippen molar-refractivity contribution in [2.24, 2.45) is 0 Å². The van der Waals surface area contributed by atoms with Crippen LogP contribution in [0.5, 0.6) is 0 Å². The molecule has 0 bridgehead atoms. The topological polar surface area (TPSA) is 40.7 Å². The zero-order valence-corrected chi connectivity index (χ0v) is 12.8. The Hall–Kier alpha value is -1.20. The molecule has 1 heterocycles. The Morgan fingerprint density at radius 2 is 2.05 bits per heavy atom. The van der Waals surface area contributed by atoms with E-state index >= 15 is 0 Å². The third-order valence-corrected chi connectivity index (χ3v) is 3.14. The van der Waals surface area contributed by atoms with Gasteiger partial charge in [0, 0.05) is 27.8 Å². The molecule has 0 unspecified atom stereocenters. The summed E-state index contributed by atoms with van der Waals surface area (Å²) >= 11 is 3.24. The molecule has 102 valence electrons. The summed E-state index contributed by atoms with van der Waals surface area (Å²) in [5, 5.41) is 10.4. The number of nitrogens with zero attached hydrogens (tertiary/aromatic N) is 1. The molecule has 1 aromatic heterocycles. The molecule has 0 aliphatic heterocycles. The summed E-state index contributed by atoms with van der Waals surface area (Å²) in [7, 11) is 0. The van der Waals surface area contributed by atoms with Crippen LogP contribution in [0.15, 0.2) is 28.7 Å². The van der Waals surface area contributed by atoms with Gasteiger partial charge in [-0.25, -0.2) is 4.39 Å². The number of halogens is 2. The minimum atomic E-state index is -0.281. The number of aromatic nitrogens is 2. The van der Waals surface area contributed by atoms with Crippen molar-refractivity contribution in [1.82, 2.24) is 15.5 Å². The third kappa shape index (κ3) is 3.88. The molecule has 0 aliphatic carbocycles. The van der Waals surface area contributed by atoms with E-state index in [1.165, 1.54) is 6.07 Å². The maximum Gasteiger partial charge on any atom is 0.133 e. The fraction of sp³-hybridized carbons (Fsp3) is 0.357. The van der Waals surface area contributed by atoms with Gasteiger partial charge in [-0.05, 0) is 45.0 Å². The SMILES string of the molecule is CC(C)(C)NCc1cc(-c2ccc(Br)cc2F)n[nH]1. The van der Waals surface area contributed by atoms with Crippen LogP contribution >= 0.6 is 15.9 Å². The maximum absolute atomic E-state index is 13.8. The smallest absolute Gasteiger partial charge is 0.133 e. The number of hydrogen-bond acceptors (Lipinski definition) is 2. The first-order valence-corrected chi connectivity index (χ1v) is 6.89. The summed E-state index contributed by atoms with van der Waals surface area (Å²) in [6.07, 6.45) is 0. The number of aromatic amines is 1. The quantitative estimate of drug-likeness (QED) is 0.899. The van der Waals surface area contributed by atoms with Gasteiger partial charge in [0.05, 0.1) is 5.69 Å². The molecule has 19 heavy (non-hydrogen) atoms. The van der Waals surface area contributed by atoms with Gasteiger partial charge in [-0.15, -0.1) is 0 Å². The van der Waals surface area contributed by atoms with Gasteiger partial charge in [-0.3, -0.25) is 5.10 Å². The molecule has 0 fully saturated rings. The van der Waals surface area contributed by atoms with Crippen molar-refractivity contribution >= 4 is 15.9 Å². The Kier molecular flexibility index (Phi) is 4.06. The predicted octanol–water partition coefficient (Wildman–Crippen LogP) is 3.87.